The van der Waals surface area contributed by atoms with Crippen molar-refractivity contribution in [2.45, 2.75) is 13.1 Å². The summed E-state index contributed by atoms with van der Waals surface area (Å²) in [5.74, 6) is -0.461. The van der Waals surface area contributed by atoms with E-state index in [9.17, 15) is 9.59 Å². The third kappa shape index (κ3) is 2.30. The lowest BCUT2D eigenvalue weighted by Crippen LogP contribution is -2.37. The van der Waals surface area contributed by atoms with Crippen LogP contribution >= 0.6 is 0 Å². The van der Waals surface area contributed by atoms with E-state index >= 15 is 0 Å². The average Bonchev–Trinajstić information content (AvgIpc) is 3.21. The summed E-state index contributed by atoms with van der Waals surface area (Å²) in [6, 6.07) is 5.23. The summed E-state index contributed by atoms with van der Waals surface area (Å²) in [6.07, 6.45) is 1.66. The highest BCUT2D eigenvalue weighted by Crippen LogP contribution is 2.14. The molecule has 0 radical (unpaired) electrons. The Morgan fingerprint density at radius 2 is 2.29 bits per heavy atom. The Bertz CT molecular complexity index is 942. The summed E-state index contributed by atoms with van der Waals surface area (Å²) in [4.78, 5) is 30.1. The molecule has 4 rings (SSSR count). The highest BCUT2D eigenvalue weighted by Gasteiger charge is 2.25. The van der Waals surface area contributed by atoms with E-state index in [0.29, 0.717) is 24.4 Å². The average molecular weight is 325 g/mol. The smallest absolute Gasteiger partial charge is 0.272 e. The van der Waals surface area contributed by atoms with Gasteiger partial charge in [0, 0.05) is 31.2 Å². The van der Waals surface area contributed by atoms with Gasteiger partial charge in [-0.25, -0.2) is 4.98 Å². The topological polar surface area (TPSA) is 109 Å². The first-order chi connectivity index (χ1) is 11.6. The zero-order valence-corrected chi connectivity index (χ0v) is 13.0. The summed E-state index contributed by atoms with van der Waals surface area (Å²) >= 11 is 0. The monoisotopic (exact) mass is 325 g/mol. The molecule has 122 valence electrons. The van der Waals surface area contributed by atoms with Gasteiger partial charge in [-0.3, -0.25) is 19.4 Å². The van der Waals surface area contributed by atoms with Gasteiger partial charge >= 0.3 is 0 Å². The van der Waals surface area contributed by atoms with Crippen molar-refractivity contribution in [1.29, 1.82) is 0 Å². The van der Waals surface area contributed by atoms with Crippen molar-refractivity contribution in [3.05, 3.63) is 41.5 Å². The van der Waals surface area contributed by atoms with Crippen LogP contribution in [0.4, 0.5) is 0 Å². The quantitative estimate of drug-likeness (QED) is 0.713. The maximum absolute atomic E-state index is 12.3. The molecular formula is C15H15N7O2. The van der Waals surface area contributed by atoms with Gasteiger partial charge in [0.2, 0.25) is 0 Å². The zero-order chi connectivity index (χ0) is 16.7. The number of aromatic amines is 1. The molecule has 24 heavy (non-hydrogen) atoms. The van der Waals surface area contributed by atoms with E-state index in [4.69, 9.17) is 0 Å². The SMILES string of the molecule is CN1CCn2nc(C(=O)NCc3[nH]nc4ncccc34)cc2C1=O. The standard InChI is InChI=1S/C15H15N7O2/c1-21-5-6-22-12(15(21)24)7-10(20-22)14(23)17-8-11-9-3-2-4-16-13(9)19-18-11/h2-4,7H,5-6,8H2,1H3,(H,17,23)(H,16,18,19). The van der Waals surface area contributed by atoms with Crippen LogP contribution in [0.5, 0.6) is 0 Å². The van der Waals surface area contributed by atoms with Gasteiger partial charge in [0.1, 0.15) is 5.69 Å². The van der Waals surface area contributed by atoms with Crippen LogP contribution in [-0.4, -0.2) is 55.3 Å². The van der Waals surface area contributed by atoms with Crippen molar-refractivity contribution >= 4 is 22.8 Å². The molecule has 0 fully saturated rings. The van der Waals surface area contributed by atoms with Gasteiger partial charge in [0.15, 0.2) is 11.3 Å². The second-order valence-electron chi connectivity index (χ2n) is 5.62. The molecule has 0 aromatic carbocycles. The van der Waals surface area contributed by atoms with E-state index in [2.05, 4.69) is 25.6 Å². The van der Waals surface area contributed by atoms with Crippen LogP contribution in [0.15, 0.2) is 24.4 Å². The molecule has 4 heterocycles. The molecule has 0 saturated carbocycles. The molecule has 1 aliphatic heterocycles. The van der Waals surface area contributed by atoms with Crippen LogP contribution in [0.1, 0.15) is 26.7 Å². The summed E-state index contributed by atoms with van der Waals surface area (Å²) in [7, 11) is 1.73. The minimum Gasteiger partial charge on any atom is -0.345 e. The number of H-pyrrole nitrogens is 1. The minimum absolute atomic E-state index is 0.126. The zero-order valence-electron chi connectivity index (χ0n) is 13.0. The molecule has 2 amide bonds. The predicted octanol–water partition coefficient (Wildman–Crippen LogP) is 0.170. The number of aromatic nitrogens is 5. The van der Waals surface area contributed by atoms with Crippen LogP contribution in [0, 0.1) is 0 Å². The van der Waals surface area contributed by atoms with Gasteiger partial charge in [-0.05, 0) is 12.1 Å². The number of hydrogen-bond donors (Lipinski definition) is 2. The van der Waals surface area contributed by atoms with Gasteiger partial charge in [-0.15, -0.1) is 0 Å². The highest BCUT2D eigenvalue weighted by atomic mass is 16.2. The second kappa shape index (κ2) is 5.44. The summed E-state index contributed by atoms with van der Waals surface area (Å²) in [5.41, 5.74) is 2.04. The Balaban J connectivity index is 1.51. The number of rotatable bonds is 3. The Morgan fingerprint density at radius 3 is 3.17 bits per heavy atom. The summed E-state index contributed by atoms with van der Waals surface area (Å²) in [5, 5.41) is 14.8. The van der Waals surface area contributed by atoms with Crippen LogP contribution in [0.3, 0.4) is 0 Å². The molecule has 9 nitrogen and oxygen atoms in total. The first-order valence-corrected chi connectivity index (χ1v) is 7.53. The molecule has 9 heteroatoms. The molecule has 0 unspecified atom stereocenters. The van der Waals surface area contributed by atoms with Crippen molar-refractivity contribution in [2.24, 2.45) is 0 Å². The molecule has 0 aliphatic carbocycles. The predicted molar refractivity (Wildman–Crippen MR) is 84.2 cm³/mol. The third-order valence-corrected chi connectivity index (χ3v) is 4.06. The minimum atomic E-state index is -0.334. The van der Waals surface area contributed by atoms with Crippen LogP contribution < -0.4 is 5.32 Å². The van der Waals surface area contributed by atoms with Gasteiger partial charge < -0.3 is 10.2 Å². The van der Waals surface area contributed by atoms with Crippen molar-refractivity contribution in [3.8, 4) is 0 Å². The lowest BCUT2D eigenvalue weighted by atomic mass is 10.2. The number of nitrogens with one attached hydrogen (secondary N) is 2. The first-order valence-electron chi connectivity index (χ1n) is 7.53. The van der Waals surface area contributed by atoms with E-state index < -0.39 is 0 Å². The van der Waals surface area contributed by atoms with Gasteiger partial charge in [-0.1, -0.05) is 0 Å². The van der Waals surface area contributed by atoms with Crippen molar-refractivity contribution in [3.63, 3.8) is 0 Å². The normalized spacial score (nSPS) is 14.0. The number of fused-ring (bicyclic) bond motifs is 2. The van der Waals surface area contributed by atoms with Crippen LogP contribution in [0.25, 0.3) is 11.0 Å². The largest absolute Gasteiger partial charge is 0.345 e. The molecular weight excluding hydrogens is 310 g/mol. The van der Waals surface area contributed by atoms with Crippen LogP contribution in [-0.2, 0) is 13.1 Å². The Morgan fingerprint density at radius 1 is 1.42 bits per heavy atom. The maximum Gasteiger partial charge on any atom is 0.272 e. The fraction of sp³-hybridized carbons (Fsp3) is 0.267. The van der Waals surface area contributed by atoms with E-state index in [1.165, 1.54) is 6.07 Å². The van der Waals surface area contributed by atoms with E-state index in [1.54, 1.807) is 22.8 Å². The number of carbonyl (C=O) groups is 2. The molecule has 1 aliphatic rings. The molecule has 0 bridgehead atoms. The fourth-order valence-electron chi connectivity index (χ4n) is 2.71. The van der Waals surface area contributed by atoms with Gasteiger partial charge in [0.25, 0.3) is 11.8 Å². The Kier molecular flexibility index (Phi) is 3.26. The number of likely N-dealkylation sites (N-methyl/N-ethyl adjacent to an activating group) is 1. The molecule has 3 aromatic heterocycles. The van der Waals surface area contributed by atoms with E-state index in [-0.39, 0.29) is 24.1 Å². The van der Waals surface area contributed by atoms with Crippen molar-refractivity contribution < 1.29 is 9.59 Å². The van der Waals surface area contributed by atoms with Crippen LogP contribution in [0.2, 0.25) is 0 Å². The van der Waals surface area contributed by atoms with Crippen molar-refractivity contribution in [2.75, 3.05) is 13.6 Å². The third-order valence-electron chi connectivity index (χ3n) is 4.06. The lowest BCUT2D eigenvalue weighted by molar-refractivity contribution is 0.0742. The molecule has 2 N–H and O–H groups in total. The summed E-state index contributed by atoms with van der Waals surface area (Å²) in [6.45, 7) is 1.44. The first kappa shape index (κ1) is 14.4. The molecule has 0 saturated heterocycles. The second-order valence-corrected chi connectivity index (χ2v) is 5.62. The van der Waals surface area contributed by atoms with Crippen molar-refractivity contribution in [1.82, 2.24) is 35.2 Å². The van der Waals surface area contributed by atoms with E-state index in [0.717, 1.165) is 11.1 Å². The number of hydrogen-bond acceptors (Lipinski definition) is 5. The summed E-state index contributed by atoms with van der Waals surface area (Å²) < 4.78 is 1.58. The van der Waals surface area contributed by atoms with Gasteiger partial charge in [-0.2, -0.15) is 10.2 Å². The lowest BCUT2D eigenvalue weighted by Gasteiger charge is -2.22. The number of amides is 2. The number of carbonyl (C=O) groups excluding carboxylic acids is 2. The maximum atomic E-state index is 12.3. The molecule has 0 atom stereocenters. The number of nitrogens with zero attached hydrogens (tertiary/aromatic N) is 5. The Labute approximate surface area is 136 Å². The fourth-order valence-corrected chi connectivity index (χ4v) is 2.71. The van der Waals surface area contributed by atoms with Gasteiger partial charge in [0.05, 0.1) is 18.8 Å². The highest BCUT2D eigenvalue weighted by molar-refractivity contribution is 5.98. The molecule has 3 aromatic rings. The Hall–Kier alpha value is -3.23. The number of pyridine rings is 1. The molecule has 0 spiro atoms. The van der Waals surface area contributed by atoms with E-state index in [1.807, 2.05) is 12.1 Å².